The Labute approximate surface area is 104 Å². The lowest BCUT2D eigenvalue weighted by Gasteiger charge is -2.18. The van der Waals surface area contributed by atoms with Gasteiger partial charge in [0.2, 0.25) is 0 Å². The van der Waals surface area contributed by atoms with Crippen molar-refractivity contribution < 1.29 is 14.8 Å². The van der Waals surface area contributed by atoms with Crippen molar-refractivity contribution in [3.8, 4) is 0 Å². The highest BCUT2D eigenvalue weighted by Gasteiger charge is 2.22. The minimum atomic E-state index is -0.984. The van der Waals surface area contributed by atoms with Crippen molar-refractivity contribution >= 4 is 17.5 Å². The second-order valence-corrected chi connectivity index (χ2v) is 4.32. The number of pyridine rings is 1. The van der Waals surface area contributed by atoms with Gasteiger partial charge in [-0.05, 0) is 18.9 Å². The van der Waals surface area contributed by atoms with Crippen molar-refractivity contribution in [3.63, 3.8) is 0 Å². The number of hydrogen-bond acceptors (Lipinski definition) is 5. The Bertz CT molecular complexity index is 473. The molecule has 0 amide bonds. The van der Waals surface area contributed by atoms with Gasteiger partial charge in [-0.15, -0.1) is 0 Å². The first-order valence-corrected chi connectivity index (χ1v) is 5.43. The van der Waals surface area contributed by atoms with E-state index in [-0.39, 0.29) is 11.6 Å². The van der Waals surface area contributed by atoms with Gasteiger partial charge in [-0.1, -0.05) is 13.8 Å². The summed E-state index contributed by atoms with van der Waals surface area (Å²) in [6.45, 7) is 5.12. The monoisotopic (exact) mass is 253 g/mol. The average molecular weight is 253 g/mol. The van der Waals surface area contributed by atoms with Gasteiger partial charge in [-0.25, -0.2) is 9.78 Å². The largest absolute Gasteiger partial charge is 0.480 e. The van der Waals surface area contributed by atoms with Gasteiger partial charge in [0.15, 0.2) is 0 Å². The highest BCUT2D eigenvalue weighted by atomic mass is 16.6. The average Bonchev–Trinajstić information content (AvgIpc) is 2.24. The fraction of sp³-hybridized carbons (Fsp3) is 0.455. The zero-order chi connectivity index (χ0) is 13.9. The minimum absolute atomic E-state index is 0.0861. The number of carbonyl (C=O) groups is 1. The first-order chi connectivity index (χ1) is 8.32. The number of hydrogen-bond donors (Lipinski definition) is 2. The van der Waals surface area contributed by atoms with Crippen LogP contribution in [0.3, 0.4) is 0 Å². The fourth-order valence-electron chi connectivity index (χ4n) is 1.49. The third kappa shape index (κ3) is 3.16. The topological polar surface area (TPSA) is 105 Å². The van der Waals surface area contributed by atoms with Crippen molar-refractivity contribution in [3.05, 3.63) is 27.9 Å². The maximum atomic E-state index is 11.0. The summed E-state index contributed by atoms with van der Waals surface area (Å²) in [5, 5.41) is 22.4. The number of aryl methyl sites for hydroxylation is 1. The molecule has 0 saturated carbocycles. The Morgan fingerprint density at radius 1 is 1.56 bits per heavy atom. The second kappa shape index (κ2) is 5.44. The number of anilines is 1. The molecule has 0 unspecified atom stereocenters. The van der Waals surface area contributed by atoms with Crippen LogP contribution in [-0.4, -0.2) is 27.0 Å². The van der Waals surface area contributed by atoms with Crippen molar-refractivity contribution in [2.75, 3.05) is 5.32 Å². The van der Waals surface area contributed by atoms with E-state index in [0.717, 1.165) is 6.20 Å². The van der Waals surface area contributed by atoms with Gasteiger partial charge >= 0.3 is 5.97 Å². The zero-order valence-corrected chi connectivity index (χ0v) is 10.4. The number of rotatable bonds is 5. The Hall–Kier alpha value is -2.18. The third-order valence-electron chi connectivity index (χ3n) is 2.52. The number of aliphatic carboxylic acids is 1. The smallest absolute Gasteiger partial charge is 0.326 e. The van der Waals surface area contributed by atoms with Crippen molar-refractivity contribution in [1.29, 1.82) is 0 Å². The minimum Gasteiger partial charge on any atom is -0.480 e. The van der Waals surface area contributed by atoms with E-state index >= 15 is 0 Å². The van der Waals surface area contributed by atoms with E-state index in [4.69, 9.17) is 5.11 Å². The van der Waals surface area contributed by atoms with E-state index in [1.165, 1.54) is 6.07 Å². The van der Waals surface area contributed by atoms with Crippen LogP contribution in [0.1, 0.15) is 19.4 Å². The molecule has 98 valence electrons. The van der Waals surface area contributed by atoms with Crippen LogP contribution in [0.4, 0.5) is 11.5 Å². The van der Waals surface area contributed by atoms with E-state index in [9.17, 15) is 14.9 Å². The van der Waals surface area contributed by atoms with E-state index < -0.39 is 16.9 Å². The van der Waals surface area contributed by atoms with Crippen LogP contribution >= 0.6 is 0 Å². The van der Waals surface area contributed by atoms with E-state index in [0.29, 0.717) is 11.4 Å². The lowest BCUT2D eigenvalue weighted by atomic mass is 10.0. The maximum absolute atomic E-state index is 11.0. The Kier molecular flexibility index (Phi) is 4.19. The Morgan fingerprint density at radius 3 is 2.56 bits per heavy atom. The van der Waals surface area contributed by atoms with Gasteiger partial charge in [-0.2, -0.15) is 0 Å². The second-order valence-electron chi connectivity index (χ2n) is 4.32. The summed E-state index contributed by atoms with van der Waals surface area (Å²) in [5.74, 6) is -0.790. The fourth-order valence-corrected chi connectivity index (χ4v) is 1.49. The summed E-state index contributed by atoms with van der Waals surface area (Å²) in [6.07, 6.45) is 1.12. The molecule has 7 nitrogen and oxygen atoms in total. The summed E-state index contributed by atoms with van der Waals surface area (Å²) in [4.78, 5) is 25.0. The van der Waals surface area contributed by atoms with E-state index in [1.54, 1.807) is 20.8 Å². The Balaban J connectivity index is 2.95. The predicted octanol–water partition coefficient (Wildman–Crippen LogP) is 1.82. The summed E-state index contributed by atoms with van der Waals surface area (Å²) in [5.41, 5.74) is 0.349. The van der Waals surface area contributed by atoms with Gasteiger partial charge in [0, 0.05) is 5.56 Å². The first-order valence-electron chi connectivity index (χ1n) is 5.43. The van der Waals surface area contributed by atoms with E-state index in [1.807, 2.05) is 0 Å². The molecule has 0 aromatic carbocycles. The van der Waals surface area contributed by atoms with E-state index in [2.05, 4.69) is 10.3 Å². The van der Waals surface area contributed by atoms with Gasteiger partial charge in [0.1, 0.15) is 18.1 Å². The number of aromatic nitrogens is 1. The van der Waals surface area contributed by atoms with Gasteiger partial charge in [0.05, 0.1) is 4.92 Å². The molecule has 0 fully saturated rings. The SMILES string of the molecule is Cc1cc(N[C@@H](C(=O)O)C(C)C)ncc1[N+](=O)[O-]. The predicted molar refractivity (Wildman–Crippen MR) is 65.5 cm³/mol. The molecule has 1 heterocycles. The summed E-state index contributed by atoms with van der Waals surface area (Å²) >= 11 is 0. The standard InChI is InChI=1S/C11H15N3O4/c1-6(2)10(11(15)16)13-9-4-7(3)8(5-12-9)14(17)18/h4-6,10H,1-3H3,(H,12,13)(H,15,16)/t10-/m1/s1. The molecule has 1 atom stereocenters. The van der Waals surface area contributed by atoms with Crippen molar-refractivity contribution in [1.82, 2.24) is 4.98 Å². The lowest BCUT2D eigenvalue weighted by molar-refractivity contribution is -0.385. The van der Waals surface area contributed by atoms with Crippen LogP contribution in [0.15, 0.2) is 12.3 Å². The summed E-state index contributed by atoms with van der Waals surface area (Å²) in [6, 6.07) is 0.689. The van der Waals surface area contributed by atoms with Crippen LogP contribution in [0.2, 0.25) is 0 Å². The molecule has 0 aliphatic rings. The normalized spacial score (nSPS) is 12.2. The highest BCUT2D eigenvalue weighted by molar-refractivity contribution is 5.77. The van der Waals surface area contributed by atoms with Crippen molar-refractivity contribution in [2.45, 2.75) is 26.8 Å². The van der Waals surface area contributed by atoms with Crippen LogP contribution in [0.25, 0.3) is 0 Å². The number of nitro groups is 1. The maximum Gasteiger partial charge on any atom is 0.326 e. The van der Waals surface area contributed by atoms with Crippen LogP contribution < -0.4 is 5.32 Å². The summed E-state index contributed by atoms with van der Waals surface area (Å²) < 4.78 is 0. The first kappa shape index (κ1) is 13.9. The van der Waals surface area contributed by atoms with Gasteiger partial charge in [-0.3, -0.25) is 10.1 Å². The molecule has 18 heavy (non-hydrogen) atoms. The molecule has 1 aromatic heterocycles. The molecular weight excluding hydrogens is 238 g/mol. The highest BCUT2D eigenvalue weighted by Crippen LogP contribution is 2.20. The Morgan fingerprint density at radius 2 is 2.17 bits per heavy atom. The third-order valence-corrected chi connectivity index (χ3v) is 2.52. The molecule has 7 heteroatoms. The lowest BCUT2D eigenvalue weighted by Crippen LogP contribution is -2.34. The van der Waals surface area contributed by atoms with Crippen LogP contribution in [0.5, 0.6) is 0 Å². The van der Waals surface area contributed by atoms with Gasteiger partial charge < -0.3 is 10.4 Å². The molecule has 0 saturated heterocycles. The molecule has 0 radical (unpaired) electrons. The van der Waals surface area contributed by atoms with Crippen LogP contribution in [0, 0.1) is 23.0 Å². The molecule has 1 aromatic rings. The number of carboxylic acids is 1. The molecule has 1 rings (SSSR count). The molecule has 0 bridgehead atoms. The van der Waals surface area contributed by atoms with Crippen LogP contribution in [-0.2, 0) is 4.79 Å². The van der Waals surface area contributed by atoms with Gasteiger partial charge in [0.25, 0.3) is 5.69 Å². The van der Waals surface area contributed by atoms with Crippen molar-refractivity contribution in [2.24, 2.45) is 5.92 Å². The summed E-state index contributed by atoms with van der Waals surface area (Å²) in [7, 11) is 0. The molecule has 0 aliphatic heterocycles. The molecule has 0 spiro atoms. The number of nitrogens with zero attached hydrogens (tertiary/aromatic N) is 2. The quantitative estimate of drug-likeness (QED) is 0.612. The molecule has 0 aliphatic carbocycles. The zero-order valence-electron chi connectivity index (χ0n) is 10.4. The number of nitrogens with one attached hydrogen (secondary N) is 1. The number of carboxylic acid groups (broad SMARTS) is 1. The molecule has 2 N–H and O–H groups in total. The molecular formula is C11H15N3O4.